The van der Waals surface area contributed by atoms with Gasteiger partial charge in [0.05, 0.1) is 35.8 Å². The summed E-state index contributed by atoms with van der Waals surface area (Å²) in [4.78, 5) is 60.5. The zero-order valence-electron chi connectivity index (χ0n) is 22.9. The number of nitrogens with one attached hydrogen (secondary N) is 1. The van der Waals surface area contributed by atoms with E-state index in [0.29, 0.717) is 37.7 Å². The molecule has 3 aromatic rings. The van der Waals surface area contributed by atoms with Crippen LogP contribution in [0.4, 0.5) is 5.69 Å². The van der Waals surface area contributed by atoms with Crippen LogP contribution in [0.5, 0.6) is 5.75 Å². The van der Waals surface area contributed by atoms with Crippen molar-refractivity contribution in [2.75, 3.05) is 37.8 Å². The number of nitrogens with zero attached hydrogens (tertiary/aromatic N) is 2. The van der Waals surface area contributed by atoms with Crippen molar-refractivity contribution in [1.82, 2.24) is 9.88 Å². The van der Waals surface area contributed by atoms with E-state index in [1.807, 2.05) is 48.5 Å². The van der Waals surface area contributed by atoms with E-state index in [4.69, 9.17) is 9.47 Å². The lowest BCUT2D eigenvalue weighted by atomic mass is 9.68. The maximum absolute atomic E-state index is 14.0. The predicted molar refractivity (Wildman–Crippen MR) is 164 cm³/mol. The molecule has 0 radical (unpaired) electrons. The van der Waals surface area contributed by atoms with Gasteiger partial charge in [0.1, 0.15) is 5.75 Å². The van der Waals surface area contributed by atoms with E-state index in [-0.39, 0.29) is 64.0 Å². The first-order chi connectivity index (χ1) is 20.9. The Hall–Kier alpha value is -2.93. The summed E-state index contributed by atoms with van der Waals surface area (Å²) in [6.07, 6.45) is 0.799. The Morgan fingerprint density at radius 3 is 2.53 bits per heavy atom. The Bertz CT molecular complexity index is 1690. The monoisotopic (exact) mass is 681 g/mol. The number of hydrogen-bond donors (Lipinski definition) is 1. The summed E-state index contributed by atoms with van der Waals surface area (Å²) < 4.78 is 12.5. The highest BCUT2D eigenvalue weighted by molar-refractivity contribution is 9.10. The third-order valence-corrected chi connectivity index (χ3v) is 12.8. The summed E-state index contributed by atoms with van der Waals surface area (Å²) in [7, 11) is 0. The van der Waals surface area contributed by atoms with Crippen molar-refractivity contribution in [2.45, 2.75) is 22.6 Å². The number of thiazole rings is 1. The van der Waals surface area contributed by atoms with Crippen molar-refractivity contribution < 1.29 is 23.9 Å². The number of halogens is 1. The Labute approximate surface area is 264 Å². The lowest BCUT2D eigenvalue weighted by molar-refractivity contribution is -0.137. The molecule has 2 saturated heterocycles. The molecule has 9 nitrogen and oxygen atoms in total. The van der Waals surface area contributed by atoms with Crippen LogP contribution in [0.25, 0.3) is 0 Å². The highest BCUT2D eigenvalue weighted by atomic mass is 79.9. The number of imide groups is 1. The fourth-order valence-electron chi connectivity index (χ4n) is 8.13. The third-order valence-electron chi connectivity index (χ3n) is 9.76. The SMILES string of the molecule is O=C(COc1ccc(Br)cc1[C@@H]1c2sc(=O)[nH]c2S[C@@H]2[C@@H]3C[C@@H]([C@@H]4C(=O)N(c5ccccc5)C(=O)[C@@H]34)[C@H]12)N1CCOCC1. The molecule has 5 aliphatic rings. The van der Waals surface area contributed by atoms with Crippen LogP contribution in [-0.4, -0.2) is 65.8 Å². The highest BCUT2D eigenvalue weighted by Crippen LogP contribution is 2.69. The Kier molecular flexibility index (Phi) is 6.81. The normalized spacial score (nSPS) is 30.8. The number of aromatic amines is 1. The number of carbonyl (C=O) groups excluding carboxylic acids is 3. The molecular formula is C31H28BrN3O6S2. The minimum atomic E-state index is -0.390. The molecule has 2 saturated carbocycles. The van der Waals surface area contributed by atoms with Crippen LogP contribution in [0.3, 0.4) is 0 Å². The van der Waals surface area contributed by atoms with Crippen LogP contribution in [-0.2, 0) is 19.1 Å². The third kappa shape index (κ3) is 4.35. The second-order valence-corrected chi connectivity index (χ2v) is 14.9. The molecule has 4 heterocycles. The van der Waals surface area contributed by atoms with Gasteiger partial charge in [-0.25, -0.2) is 0 Å². The molecule has 1 aromatic heterocycles. The maximum atomic E-state index is 14.0. The number of H-pyrrole nitrogens is 1. The van der Waals surface area contributed by atoms with Crippen LogP contribution in [0, 0.1) is 29.6 Å². The number of carbonyl (C=O) groups is 3. The quantitative estimate of drug-likeness (QED) is 0.404. The molecular weight excluding hydrogens is 654 g/mol. The first-order valence-electron chi connectivity index (χ1n) is 14.5. The summed E-state index contributed by atoms with van der Waals surface area (Å²) in [6.45, 7) is 2.01. The molecule has 2 bridgehead atoms. The van der Waals surface area contributed by atoms with E-state index < -0.39 is 5.92 Å². The molecule has 0 unspecified atom stereocenters. The van der Waals surface area contributed by atoms with Crippen LogP contribution < -0.4 is 14.5 Å². The molecule has 222 valence electrons. The number of aromatic nitrogens is 1. The minimum Gasteiger partial charge on any atom is -0.483 e. The van der Waals surface area contributed by atoms with Crippen molar-refractivity contribution in [3.05, 3.63) is 73.1 Å². The molecule has 2 aliphatic carbocycles. The molecule has 3 aliphatic heterocycles. The average Bonchev–Trinajstić information content (AvgIpc) is 3.76. The van der Waals surface area contributed by atoms with Gasteiger partial charge < -0.3 is 19.4 Å². The zero-order valence-corrected chi connectivity index (χ0v) is 26.2. The number of fused-ring (bicyclic) bond motifs is 9. The second-order valence-electron chi connectivity index (χ2n) is 11.8. The standard InChI is InChI=1S/C31H28BrN3O6S2/c32-15-6-7-20(41-14-21(36)34-8-10-40-11-9-34)17(12-15)22-23-18-13-19(26(23)42-28-27(22)43-31(39)33-28)25-24(18)29(37)35(30(25)38)16-4-2-1-3-5-16/h1-7,12,18-19,22-26H,8-11,13-14H2,(H,33,39)/t18-,19-,22+,23-,24+,25+,26-/m1/s1. The summed E-state index contributed by atoms with van der Waals surface area (Å²) in [6, 6.07) is 15.0. The average molecular weight is 683 g/mol. The first-order valence-corrected chi connectivity index (χ1v) is 17.0. The van der Waals surface area contributed by atoms with Crippen molar-refractivity contribution in [1.29, 1.82) is 0 Å². The van der Waals surface area contributed by atoms with Crippen molar-refractivity contribution in [3.8, 4) is 5.75 Å². The second kappa shape index (κ2) is 10.6. The maximum Gasteiger partial charge on any atom is 0.305 e. The number of rotatable bonds is 5. The van der Waals surface area contributed by atoms with E-state index in [0.717, 1.165) is 26.4 Å². The molecule has 0 spiro atoms. The van der Waals surface area contributed by atoms with Gasteiger partial charge in [-0.2, -0.15) is 0 Å². The van der Waals surface area contributed by atoms with Gasteiger partial charge in [-0.3, -0.25) is 24.1 Å². The largest absolute Gasteiger partial charge is 0.483 e. The summed E-state index contributed by atoms with van der Waals surface area (Å²) in [5, 5.41) is 0.889. The fraction of sp³-hybridized carbons (Fsp3) is 0.419. The molecule has 1 N–H and O–H groups in total. The summed E-state index contributed by atoms with van der Waals surface area (Å²) in [5.74, 6) is -0.681. The van der Waals surface area contributed by atoms with Gasteiger partial charge in [-0.15, -0.1) is 11.8 Å². The number of ether oxygens (including phenoxy) is 2. The highest BCUT2D eigenvalue weighted by Gasteiger charge is 2.69. The summed E-state index contributed by atoms with van der Waals surface area (Å²) >= 11 is 6.49. The number of thioether (sulfide) groups is 1. The Morgan fingerprint density at radius 1 is 1.02 bits per heavy atom. The summed E-state index contributed by atoms with van der Waals surface area (Å²) in [5.41, 5.74) is 1.51. The van der Waals surface area contributed by atoms with Crippen LogP contribution in [0.15, 0.2) is 62.8 Å². The van der Waals surface area contributed by atoms with Crippen molar-refractivity contribution >= 4 is 62.4 Å². The van der Waals surface area contributed by atoms with E-state index in [9.17, 15) is 19.2 Å². The van der Waals surface area contributed by atoms with Gasteiger partial charge >= 0.3 is 4.87 Å². The van der Waals surface area contributed by atoms with Crippen LogP contribution in [0.2, 0.25) is 0 Å². The fourth-order valence-corrected chi connectivity index (χ4v) is 11.4. The van der Waals surface area contributed by atoms with Crippen molar-refractivity contribution in [2.24, 2.45) is 29.6 Å². The van der Waals surface area contributed by atoms with Gasteiger partial charge in [0.25, 0.3) is 5.91 Å². The molecule has 8 rings (SSSR count). The molecule has 43 heavy (non-hydrogen) atoms. The number of para-hydroxylation sites is 1. The van der Waals surface area contributed by atoms with Crippen LogP contribution >= 0.6 is 39.0 Å². The van der Waals surface area contributed by atoms with E-state index in [2.05, 4.69) is 20.9 Å². The van der Waals surface area contributed by atoms with Gasteiger partial charge in [0, 0.05) is 39.2 Å². The lowest BCUT2D eigenvalue weighted by Gasteiger charge is -2.43. The molecule has 7 atom stereocenters. The number of amides is 3. The number of morpholine rings is 1. The molecule has 12 heteroatoms. The van der Waals surface area contributed by atoms with Gasteiger partial charge in [0.2, 0.25) is 11.8 Å². The molecule has 3 amide bonds. The first kappa shape index (κ1) is 27.6. The van der Waals surface area contributed by atoms with E-state index >= 15 is 0 Å². The number of benzene rings is 2. The Balaban J connectivity index is 1.17. The van der Waals surface area contributed by atoms with E-state index in [1.54, 1.807) is 16.7 Å². The number of hydrogen-bond acceptors (Lipinski definition) is 8. The molecule has 4 fully saturated rings. The Morgan fingerprint density at radius 2 is 1.77 bits per heavy atom. The molecule has 2 aromatic carbocycles. The smallest absolute Gasteiger partial charge is 0.305 e. The van der Waals surface area contributed by atoms with Crippen LogP contribution in [0.1, 0.15) is 22.8 Å². The number of anilines is 1. The predicted octanol–water partition coefficient (Wildman–Crippen LogP) is 4.11. The topological polar surface area (TPSA) is 109 Å². The van der Waals surface area contributed by atoms with Gasteiger partial charge in [-0.05, 0) is 54.5 Å². The van der Waals surface area contributed by atoms with Gasteiger partial charge in [-0.1, -0.05) is 45.5 Å². The van der Waals surface area contributed by atoms with E-state index in [1.165, 1.54) is 16.2 Å². The van der Waals surface area contributed by atoms with Crippen molar-refractivity contribution in [3.63, 3.8) is 0 Å². The minimum absolute atomic E-state index is 0.0187. The zero-order chi connectivity index (χ0) is 29.4. The van der Waals surface area contributed by atoms with Gasteiger partial charge in [0.15, 0.2) is 6.61 Å². The lowest BCUT2D eigenvalue weighted by Crippen LogP contribution is -2.43.